The SMILES string of the molecule is COc1ccc(C(=O)OC(C)C(=O)c2ccc(F)cc2)cc1S(=O)(=O)N(C)Cc1ccccc1. The predicted octanol–water partition coefficient (Wildman–Crippen LogP) is 4.08. The number of ether oxygens (including phenoxy) is 2. The van der Waals surface area contributed by atoms with Crippen molar-refractivity contribution >= 4 is 21.8 Å². The highest BCUT2D eigenvalue weighted by molar-refractivity contribution is 7.89. The molecule has 0 aromatic heterocycles. The van der Waals surface area contributed by atoms with Crippen molar-refractivity contribution in [1.82, 2.24) is 4.31 Å². The number of sulfonamides is 1. The van der Waals surface area contributed by atoms with E-state index in [-0.39, 0.29) is 28.3 Å². The molecule has 0 radical (unpaired) electrons. The van der Waals surface area contributed by atoms with Crippen molar-refractivity contribution in [3.8, 4) is 5.75 Å². The first-order chi connectivity index (χ1) is 16.1. The fourth-order valence-corrected chi connectivity index (χ4v) is 4.57. The molecule has 0 heterocycles. The molecule has 0 N–H and O–H groups in total. The standard InChI is InChI=1S/C25H24FNO6S/c1-17(24(28)19-9-12-21(26)13-10-19)33-25(29)20-11-14-22(32-3)23(15-20)34(30,31)27(2)16-18-7-5-4-6-8-18/h4-15,17H,16H2,1-3H3. The van der Waals surface area contributed by atoms with E-state index in [2.05, 4.69) is 0 Å². The number of carbonyl (C=O) groups is 2. The summed E-state index contributed by atoms with van der Waals surface area (Å²) >= 11 is 0. The Bertz CT molecular complexity index is 1280. The van der Waals surface area contributed by atoms with Gasteiger partial charge >= 0.3 is 5.97 Å². The Labute approximate surface area is 197 Å². The number of rotatable bonds is 9. The fraction of sp³-hybridized carbons (Fsp3) is 0.200. The Morgan fingerprint density at radius 3 is 2.21 bits per heavy atom. The van der Waals surface area contributed by atoms with Gasteiger partial charge in [-0.15, -0.1) is 0 Å². The number of hydrogen-bond donors (Lipinski definition) is 0. The first-order valence-corrected chi connectivity index (χ1v) is 11.8. The van der Waals surface area contributed by atoms with Gasteiger partial charge in [0, 0.05) is 19.2 Å². The summed E-state index contributed by atoms with van der Waals surface area (Å²) in [6.45, 7) is 1.50. The van der Waals surface area contributed by atoms with Crippen LogP contribution in [0.15, 0.2) is 77.7 Å². The van der Waals surface area contributed by atoms with E-state index in [0.29, 0.717) is 0 Å². The van der Waals surface area contributed by atoms with Crippen molar-refractivity contribution in [3.63, 3.8) is 0 Å². The van der Waals surface area contributed by atoms with Crippen LogP contribution in [0, 0.1) is 5.82 Å². The highest BCUT2D eigenvalue weighted by Gasteiger charge is 2.28. The van der Waals surface area contributed by atoms with E-state index in [1.807, 2.05) is 6.07 Å². The van der Waals surface area contributed by atoms with Crippen molar-refractivity contribution in [2.75, 3.05) is 14.2 Å². The molecule has 3 aromatic rings. The molecule has 7 nitrogen and oxygen atoms in total. The zero-order valence-corrected chi connectivity index (χ0v) is 19.7. The number of benzene rings is 3. The Balaban J connectivity index is 1.82. The number of nitrogens with zero attached hydrogens (tertiary/aromatic N) is 1. The van der Waals surface area contributed by atoms with E-state index >= 15 is 0 Å². The number of methoxy groups -OCH3 is 1. The molecule has 3 aromatic carbocycles. The number of hydrogen-bond acceptors (Lipinski definition) is 6. The summed E-state index contributed by atoms with van der Waals surface area (Å²) in [5, 5.41) is 0. The van der Waals surface area contributed by atoms with Gasteiger partial charge in [-0.05, 0) is 55.0 Å². The molecule has 0 aliphatic heterocycles. The summed E-state index contributed by atoms with van der Waals surface area (Å²) in [6.07, 6.45) is -1.17. The molecule has 0 bridgehead atoms. The number of ketones is 1. The largest absolute Gasteiger partial charge is 0.495 e. The van der Waals surface area contributed by atoms with Crippen LogP contribution in [0.4, 0.5) is 4.39 Å². The molecule has 1 unspecified atom stereocenters. The van der Waals surface area contributed by atoms with E-state index in [0.717, 1.165) is 28.1 Å². The first kappa shape index (κ1) is 25.1. The van der Waals surface area contributed by atoms with Crippen LogP contribution in [0.25, 0.3) is 0 Å². The second kappa shape index (κ2) is 10.6. The molecule has 0 aliphatic rings. The third-order valence-electron chi connectivity index (χ3n) is 5.12. The molecule has 34 heavy (non-hydrogen) atoms. The first-order valence-electron chi connectivity index (χ1n) is 10.3. The minimum atomic E-state index is -4.03. The molecule has 0 aliphatic carbocycles. The number of Topliss-reactive ketones (excluding diaryl/α,β-unsaturated/α-hetero) is 1. The van der Waals surface area contributed by atoms with Crippen LogP contribution in [0.5, 0.6) is 5.75 Å². The second-order valence-electron chi connectivity index (χ2n) is 7.53. The van der Waals surface area contributed by atoms with Gasteiger partial charge in [-0.2, -0.15) is 4.31 Å². The van der Waals surface area contributed by atoms with Crippen molar-refractivity contribution < 1.29 is 31.9 Å². The topological polar surface area (TPSA) is 90.0 Å². The van der Waals surface area contributed by atoms with Crippen LogP contribution in [0.3, 0.4) is 0 Å². The summed E-state index contributed by atoms with van der Waals surface area (Å²) in [5.41, 5.74) is 0.907. The normalized spacial score (nSPS) is 12.3. The number of halogens is 1. The molecular weight excluding hydrogens is 461 g/mol. The molecule has 0 fully saturated rings. The third-order valence-corrected chi connectivity index (χ3v) is 6.94. The third kappa shape index (κ3) is 5.67. The lowest BCUT2D eigenvalue weighted by atomic mass is 10.1. The Kier molecular flexibility index (Phi) is 7.80. The Hall–Kier alpha value is -3.56. The number of esters is 1. The van der Waals surface area contributed by atoms with Gasteiger partial charge in [0.25, 0.3) is 0 Å². The fourth-order valence-electron chi connectivity index (χ4n) is 3.23. The minimum absolute atomic E-state index is 0.0619. The Morgan fingerprint density at radius 2 is 1.59 bits per heavy atom. The highest BCUT2D eigenvalue weighted by Crippen LogP contribution is 2.28. The van der Waals surface area contributed by atoms with E-state index in [1.165, 1.54) is 45.3 Å². The lowest BCUT2D eigenvalue weighted by Crippen LogP contribution is -2.27. The van der Waals surface area contributed by atoms with Gasteiger partial charge in [-0.3, -0.25) is 4.79 Å². The van der Waals surface area contributed by atoms with Gasteiger partial charge in [-0.25, -0.2) is 17.6 Å². The molecule has 0 saturated carbocycles. The number of carbonyl (C=O) groups excluding carboxylic acids is 2. The molecule has 178 valence electrons. The van der Waals surface area contributed by atoms with Gasteiger partial charge in [0.05, 0.1) is 12.7 Å². The van der Waals surface area contributed by atoms with Crippen molar-refractivity contribution in [3.05, 3.63) is 95.3 Å². The minimum Gasteiger partial charge on any atom is -0.495 e. The van der Waals surface area contributed by atoms with Crippen LogP contribution in [-0.4, -0.2) is 44.7 Å². The maximum absolute atomic E-state index is 13.2. The molecule has 0 spiro atoms. The molecule has 0 saturated heterocycles. The van der Waals surface area contributed by atoms with Crippen molar-refractivity contribution in [2.45, 2.75) is 24.5 Å². The lowest BCUT2D eigenvalue weighted by molar-refractivity contribution is 0.0318. The molecule has 1 atom stereocenters. The highest BCUT2D eigenvalue weighted by atomic mass is 32.2. The molecule has 0 amide bonds. The zero-order valence-electron chi connectivity index (χ0n) is 18.9. The Morgan fingerprint density at radius 1 is 0.971 bits per heavy atom. The summed E-state index contributed by atoms with van der Waals surface area (Å²) < 4.78 is 51.2. The van der Waals surface area contributed by atoms with Crippen LogP contribution in [0.2, 0.25) is 0 Å². The van der Waals surface area contributed by atoms with Crippen molar-refractivity contribution in [1.29, 1.82) is 0 Å². The van der Waals surface area contributed by atoms with E-state index < -0.39 is 33.7 Å². The average Bonchev–Trinajstić information content (AvgIpc) is 2.84. The second-order valence-corrected chi connectivity index (χ2v) is 9.54. The van der Waals surface area contributed by atoms with Crippen LogP contribution in [0.1, 0.15) is 33.2 Å². The predicted molar refractivity (Wildman–Crippen MR) is 124 cm³/mol. The zero-order chi connectivity index (χ0) is 24.9. The van der Waals surface area contributed by atoms with Gasteiger partial charge in [0.2, 0.25) is 15.8 Å². The van der Waals surface area contributed by atoms with E-state index in [9.17, 15) is 22.4 Å². The molecule has 9 heteroatoms. The monoisotopic (exact) mass is 485 g/mol. The van der Waals surface area contributed by atoms with Gasteiger partial charge in [0.1, 0.15) is 16.5 Å². The lowest BCUT2D eigenvalue weighted by Gasteiger charge is -2.20. The van der Waals surface area contributed by atoms with Gasteiger partial charge in [-0.1, -0.05) is 30.3 Å². The summed E-state index contributed by atoms with van der Waals surface area (Å²) in [6, 6.07) is 17.8. The van der Waals surface area contributed by atoms with Gasteiger partial charge < -0.3 is 9.47 Å². The maximum atomic E-state index is 13.2. The van der Waals surface area contributed by atoms with E-state index in [4.69, 9.17) is 9.47 Å². The van der Waals surface area contributed by atoms with Crippen LogP contribution >= 0.6 is 0 Å². The maximum Gasteiger partial charge on any atom is 0.338 e. The van der Waals surface area contributed by atoms with Crippen molar-refractivity contribution in [2.24, 2.45) is 0 Å². The van der Waals surface area contributed by atoms with E-state index in [1.54, 1.807) is 24.3 Å². The average molecular weight is 486 g/mol. The summed E-state index contributed by atoms with van der Waals surface area (Å²) in [5.74, 6) is -1.83. The van der Waals surface area contributed by atoms with Gasteiger partial charge in [0.15, 0.2) is 6.10 Å². The van der Waals surface area contributed by atoms with Crippen LogP contribution < -0.4 is 4.74 Å². The molecular formula is C25H24FNO6S. The molecule has 3 rings (SSSR count). The quantitative estimate of drug-likeness (QED) is 0.335. The van der Waals surface area contributed by atoms with Crippen LogP contribution in [-0.2, 0) is 21.3 Å². The smallest absolute Gasteiger partial charge is 0.338 e. The summed E-state index contributed by atoms with van der Waals surface area (Å²) in [7, 11) is -1.28. The summed E-state index contributed by atoms with van der Waals surface area (Å²) in [4.78, 5) is 25.0.